The maximum atomic E-state index is 12.4. The van der Waals surface area contributed by atoms with Crippen LogP contribution >= 0.6 is 22.7 Å². The molecule has 4 aromatic rings. The van der Waals surface area contributed by atoms with Gasteiger partial charge in [0.2, 0.25) is 0 Å². The van der Waals surface area contributed by atoms with Crippen LogP contribution in [0.4, 0.5) is 5.69 Å². The zero-order valence-electron chi connectivity index (χ0n) is 11.9. The van der Waals surface area contributed by atoms with Gasteiger partial charge in [0, 0.05) is 23.5 Å². The second-order valence-electron chi connectivity index (χ2n) is 4.87. The standard InChI is InChI=1S/C17H11N3OS2/c21-16(19-12-5-7-18-8-6-12)15-10-11-3-4-13(20-17(11)23-15)14-2-1-9-22-14/h1-10H,(H,18,19,21). The van der Waals surface area contributed by atoms with Gasteiger partial charge >= 0.3 is 0 Å². The summed E-state index contributed by atoms with van der Waals surface area (Å²) in [5.41, 5.74) is 1.67. The smallest absolute Gasteiger partial charge is 0.265 e. The predicted molar refractivity (Wildman–Crippen MR) is 95.1 cm³/mol. The number of rotatable bonds is 3. The minimum atomic E-state index is -0.128. The Hall–Kier alpha value is -2.57. The normalized spacial score (nSPS) is 10.8. The number of fused-ring (bicyclic) bond motifs is 1. The van der Waals surface area contributed by atoms with Crippen LogP contribution in [0.3, 0.4) is 0 Å². The summed E-state index contributed by atoms with van der Waals surface area (Å²) in [7, 11) is 0. The second kappa shape index (κ2) is 5.91. The molecule has 0 saturated carbocycles. The van der Waals surface area contributed by atoms with E-state index in [1.165, 1.54) is 11.3 Å². The Kier molecular flexibility index (Phi) is 3.61. The molecule has 0 saturated heterocycles. The van der Waals surface area contributed by atoms with Crippen LogP contribution in [-0.2, 0) is 0 Å². The van der Waals surface area contributed by atoms with E-state index in [1.54, 1.807) is 35.9 Å². The Morgan fingerprint density at radius 1 is 1.09 bits per heavy atom. The summed E-state index contributed by atoms with van der Waals surface area (Å²) >= 11 is 3.06. The third kappa shape index (κ3) is 2.86. The van der Waals surface area contributed by atoms with Crippen molar-refractivity contribution in [1.82, 2.24) is 9.97 Å². The Labute approximate surface area is 140 Å². The molecule has 23 heavy (non-hydrogen) atoms. The molecular weight excluding hydrogens is 326 g/mol. The molecule has 0 bridgehead atoms. The molecule has 112 valence electrons. The van der Waals surface area contributed by atoms with Crippen molar-refractivity contribution in [3.63, 3.8) is 0 Å². The quantitative estimate of drug-likeness (QED) is 0.591. The molecule has 0 aliphatic heterocycles. The molecule has 0 radical (unpaired) electrons. The maximum absolute atomic E-state index is 12.4. The van der Waals surface area contributed by atoms with E-state index >= 15 is 0 Å². The van der Waals surface area contributed by atoms with Gasteiger partial charge in [0.05, 0.1) is 15.4 Å². The summed E-state index contributed by atoms with van der Waals surface area (Å²) in [6.45, 7) is 0. The lowest BCUT2D eigenvalue weighted by atomic mass is 10.2. The first-order valence-electron chi connectivity index (χ1n) is 6.95. The number of amides is 1. The summed E-state index contributed by atoms with van der Waals surface area (Å²) in [5, 5.41) is 5.88. The summed E-state index contributed by atoms with van der Waals surface area (Å²) in [4.78, 5) is 23.6. The number of anilines is 1. The van der Waals surface area contributed by atoms with Crippen LogP contribution < -0.4 is 5.32 Å². The van der Waals surface area contributed by atoms with Crippen LogP contribution in [0.2, 0.25) is 0 Å². The van der Waals surface area contributed by atoms with E-state index in [-0.39, 0.29) is 5.91 Å². The number of nitrogens with one attached hydrogen (secondary N) is 1. The van der Waals surface area contributed by atoms with E-state index in [2.05, 4.69) is 15.3 Å². The number of pyridine rings is 2. The van der Waals surface area contributed by atoms with Crippen molar-refractivity contribution in [3.05, 3.63) is 65.1 Å². The minimum Gasteiger partial charge on any atom is -0.321 e. The molecule has 6 heteroatoms. The lowest BCUT2D eigenvalue weighted by Crippen LogP contribution is -2.09. The Morgan fingerprint density at radius 2 is 1.96 bits per heavy atom. The molecule has 4 nitrogen and oxygen atoms in total. The SMILES string of the molecule is O=C(Nc1ccncc1)c1cc2ccc(-c3cccs3)nc2s1. The van der Waals surface area contributed by atoms with Crippen LogP contribution in [0.15, 0.2) is 60.2 Å². The molecule has 0 aliphatic rings. The Morgan fingerprint density at radius 3 is 2.74 bits per heavy atom. The number of carbonyl (C=O) groups excluding carboxylic acids is 1. The van der Waals surface area contributed by atoms with E-state index in [0.29, 0.717) is 4.88 Å². The molecule has 4 aromatic heterocycles. The molecule has 0 fully saturated rings. The molecule has 4 heterocycles. The maximum Gasteiger partial charge on any atom is 0.265 e. The lowest BCUT2D eigenvalue weighted by Gasteiger charge is -2.01. The van der Waals surface area contributed by atoms with Crippen molar-refractivity contribution >= 4 is 44.5 Å². The number of hydrogen-bond acceptors (Lipinski definition) is 5. The highest BCUT2D eigenvalue weighted by atomic mass is 32.1. The first-order chi connectivity index (χ1) is 11.3. The summed E-state index contributed by atoms with van der Waals surface area (Å²) in [6.07, 6.45) is 3.30. The molecule has 0 atom stereocenters. The molecular formula is C17H11N3OS2. The molecule has 1 amide bonds. The van der Waals surface area contributed by atoms with Crippen molar-refractivity contribution in [2.24, 2.45) is 0 Å². The number of aromatic nitrogens is 2. The van der Waals surface area contributed by atoms with Crippen molar-refractivity contribution < 1.29 is 4.79 Å². The third-order valence-electron chi connectivity index (χ3n) is 3.32. The average Bonchev–Trinajstić information content (AvgIpc) is 3.24. The van der Waals surface area contributed by atoms with E-state index in [1.807, 2.05) is 35.7 Å². The van der Waals surface area contributed by atoms with Gasteiger partial charge < -0.3 is 5.32 Å². The predicted octanol–water partition coefficient (Wildman–Crippen LogP) is 4.67. The summed E-state index contributed by atoms with van der Waals surface area (Å²) < 4.78 is 0. The van der Waals surface area contributed by atoms with Gasteiger partial charge in [-0.2, -0.15) is 0 Å². The Bertz CT molecular complexity index is 962. The molecule has 0 spiro atoms. The first kappa shape index (κ1) is 14.0. The lowest BCUT2D eigenvalue weighted by molar-refractivity contribution is 0.103. The number of thiophene rings is 2. The van der Waals surface area contributed by atoms with Crippen LogP contribution in [-0.4, -0.2) is 15.9 Å². The third-order valence-corrected chi connectivity index (χ3v) is 5.25. The second-order valence-corrected chi connectivity index (χ2v) is 6.85. The fourth-order valence-electron chi connectivity index (χ4n) is 2.22. The van der Waals surface area contributed by atoms with Gasteiger partial charge in [-0.3, -0.25) is 9.78 Å². The number of carbonyl (C=O) groups is 1. The van der Waals surface area contributed by atoms with Crippen LogP contribution in [0, 0.1) is 0 Å². The molecule has 0 aliphatic carbocycles. The highest BCUT2D eigenvalue weighted by Gasteiger charge is 2.12. The van der Waals surface area contributed by atoms with Gasteiger partial charge in [-0.1, -0.05) is 6.07 Å². The average molecular weight is 337 g/mol. The van der Waals surface area contributed by atoms with Gasteiger partial charge in [-0.05, 0) is 41.8 Å². The van der Waals surface area contributed by atoms with Gasteiger partial charge in [-0.15, -0.1) is 22.7 Å². The summed E-state index contributed by atoms with van der Waals surface area (Å²) in [6, 6.07) is 13.5. The van der Waals surface area contributed by atoms with Crippen LogP contribution in [0.5, 0.6) is 0 Å². The molecule has 0 unspecified atom stereocenters. The zero-order chi connectivity index (χ0) is 15.6. The highest BCUT2D eigenvalue weighted by Crippen LogP contribution is 2.29. The monoisotopic (exact) mass is 337 g/mol. The van der Waals surface area contributed by atoms with Crippen LogP contribution in [0.1, 0.15) is 9.67 Å². The van der Waals surface area contributed by atoms with E-state index in [4.69, 9.17) is 0 Å². The Balaban J connectivity index is 1.65. The largest absolute Gasteiger partial charge is 0.321 e. The molecule has 4 rings (SSSR count). The fraction of sp³-hybridized carbons (Fsp3) is 0. The molecule has 1 N–H and O–H groups in total. The number of hydrogen-bond donors (Lipinski definition) is 1. The van der Waals surface area contributed by atoms with Gasteiger partial charge in [0.25, 0.3) is 5.91 Å². The van der Waals surface area contributed by atoms with Gasteiger partial charge in [0.15, 0.2) is 0 Å². The van der Waals surface area contributed by atoms with Crippen molar-refractivity contribution in [2.45, 2.75) is 0 Å². The van der Waals surface area contributed by atoms with E-state index in [9.17, 15) is 4.79 Å². The highest BCUT2D eigenvalue weighted by molar-refractivity contribution is 7.20. The van der Waals surface area contributed by atoms with Gasteiger partial charge in [0.1, 0.15) is 4.83 Å². The van der Waals surface area contributed by atoms with Crippen molar-refractivity contribution in [2.75, 3.05) is 5.32 Å². The van der Waals surface area contributed by atoms with Crippen LogP contribution in [0.25, 0.3) is 20.8 Å². The first-order valence-corrected chi connectivity index (χ1v) is 8.65. The van der Waals surface area contributed by atoms with Crippen molar-refractivity contribution in [1.29, 1.82) is 0 Å². The number of nitrogens with zero attached hydrogens (tertiary/aromatic N) is 2. The zero-order valence-corrected chi connectivity index (χ0v) is 13.5. The minimum absolute atomic E-state index is 0.128. The van der Waals surface area contributed by atoms with Crippen molar-refractivity contribution in [3.8, 4) is 10.6 Å². The summed E-state index contributed by atoms with van der Waals surface area (Å²) in [5.74, 6) is -0.128. The fourth-order valence-corrected chi connectivity index (χ4v) is 3.84. The van der Waals surface area contributed by atoms with Gasteiger partial charge in [-0.25, -0.2) is 4.98 Å². The molecule has 0 aromatic carbocycles. The van der Waals surface area contributed by atoms with E-state index in [0.717, 1.165) is 26.5 Å². The topological polar surface area (TPSA) is 54.9 Å². The van der Waals surface area contributed by atoms with E-state index < -0.39 is 0 Å².